The average Bonchev–Trinajstić information content (AvgIpc) is 2.76. The van der Waals surface area contributed by atoms with E-state index in [2.05, 4.69) is 13.0 Å². The standard InChI is InChI=1S/C27H46FO4P/c1-3-13-23-14-16-24(17-15-23)25-20-22(2)27(26(28)21-25)32-18-11-9-7-5-4-6-8-10-12-19-33(29,30)31/h20-21,23-24H,3-19H2,1-2H3,(H2,29,30,31). The Kier molecular flexibility index (Phi) is 13.0. The van der Waals surface area contributed by atoms with Crippen LogP contribution in [0, 0.1) is 18.7 Å². The van der Waals surface area contributed by atoms with Crippen LogP contribution in [0.15, 0.2) is 12.1 Å². The van der Waals surface area contributed by atoms with Crippen molar-refractivity contribution in [3.8, 4) is 5.75 Å². The van der Waals surface area contributed by atoms with E-state index >= 15 is 0 Å². The highest BCUT2D eigenvalue weighted by atomic mass is 31.2. The zero-order valence-electron chi connectivity index (χ0n) is 20.9. The molecule has 0 aliphatic heterocycles. The number of hydrogen-bond acceptors (Lipinski definition) is 2. The van der Waals surface area contributed by atoms with Crippen LogP contribution < -0.4 is 4.74 Å². The second kappa shape index (κ2) is 15.2. The van der Waals surface area contributed by atoms with E-state index in [1.54, 1.807) is 6.07 Å². The fourth-order valence-electron chi connectivity index (χ4n) is 5.20. The van der Waals surface area contributed by atoms with Crippen LogP contribution in [0.5, 0.6) is 5.75 Å². The molecule has 190 valence electrons. The van der Waals surface area contributed by atoms with Crippen molar-refractivity contribution in [2.24, 2.45) is 5.92 Å². The normalized spacial score (nSPS) is 19.1. The number of hydrogen-bond donors (Lipinski definition) is 2. The summed E-state index contributed by atoms with van der Waals surface area (Å²) in [5.74, 6) is 1.57. The van der Waals surface area contributed by atoms with Crippen LogP contribution in [-0.2, 0) is 4.57 Å². The zero-order chi connectivity index (χ0) is 24.1. The van der Waals surface area contributed by atoms with Gasteiger partial charge in [-0.1, -0.05) is 70.8 Å². The fraction of sp³-hybridized carbons (Fsp3) is 0.778. The predicted molar refractivity (Wildman–Crippen MR) is 135 cm³/mol. The maximum Gasteiger partial charge on any atom is 0.325 e. The summed E-state index contributed by atoms with van der Waals surface area (Å²) in [7, 11) is -3.82. The van der Waals surface area contributed by atoms with Crippen molar-refractivity contribution in [3.05, 3.63) is 29.1 Å². The average molecular weight is 485 g/mol. The minimum Gasteiger partial charge on any atom is -0.490 e. The van der Waals surface area contributed by atoms with Gasteiger partial charge in [0.05, 0.1) is 6.61 Å². The molecule has 0 radical (unpaired) electrons. The second-order valence-corrected chi connectivity index (χ2v) is 11.9. The molecule has 6 heteroatoms. The minimum absolute atomic E-state index is 0.00977. The number of aryl methyl sites for hydroxylation is 1. The van der Waals surface area contributed by atoms with E-state index in [4.69, 9.17) is 14.5 Å². The van der Waals surface area contributed by atoms with Gasteiger partial charge in [-0.15, -0.1) is 0 Å². The predicted octanol–water partition coefficient (Wildman–Crippen LogP) is 8.28. The third kappa shape index (κ3) is 11.4. The van der Waals surface area contributed by atoms with Crippen molar-refractivity contribution in [2.75, 3.05) is 12.8 Å². The molecule has 1 aliphatic carbocycles. The molecule has 1 aliphatic rings. The van der Waals surface area contributed by atoms with E-state index in [0.717, 1.165) is 62.0 Å². The molecule has 2 N–H and O–H groups in total. The van der Waals surface area contributed by atoms with Gasteiger partial charge in [-0.25, -0.2) is 4.39 Å². The van der Waals surface area contributed by atoms with E-state index < -0.39 is 7.60 Å². The summed E-state index contributed by atoms with van der Waals surface area (Å²) in [6.45, 7) is 4.78. The molecule has 2 rings (SSSR count). The lowest BCUT2D eigenvalue weighted by Crippen LogP contribution is -2.14. The smallest absolute Gasteiger partial charge is 0.325 e. The van der Waals surface area contributed by atoms with E-state index in [1.165, 1.54) is 44.9 Å². The monoisotopic (exact) mass is 484 g/mol. The van der Waals surface area contributed by atoms with E-state index in [-0.39, 0.29) is 12.0 Å². The van der Waals surface area contributed by atoms with Crippen LogP contribution in [0.3, 0.4) is 0 Å². The maximum atomic E-state index is 14.8. The van der Waals surface area contributed by atoms with E-state index in [9.17, 15) is 8.96 Å². The van der Waals surface area contributed by atoms with Gasteiger partial charge in [-0.3, -0.25) is 4.57 Å². The number of benzene rings is 1. The lowest BCUT2D eigenvalue weighted by atomic mass is 9.77. The quantitative estimate of drug-likeness (QED) is 0.183. The summed E-state index contributed by atoms with van der Waals surface area (Å²) >= 11 is 0. The Bertz CT molecular complexity index is 702. The van der Waals surface area contributed by atoms with Gasteiger partial charge >= 0.3 is 7.60 Å². The van der Waals surface area contributed by atoms with E-state index in [0.29, 0.717) is 24.7 Å². The summed E-state index contributed by atoms with van der Waals surface area (Å²) in [6.07, 6.45) is 16.6. The summed E-state index contributed by atoms with van der Waals surface area (Å²) in [6, 6.07) is 3.86. The molecular formula is C27H46FO4P. The van der Waals surface area contributed by atoms with Crippen LogP contribution in [0.4, 0.5) is 4.39 Å². The number of ether oxygens (including phenoxy) is 1. The van der Waals surface area contributed by atoms with Crippen LogP contribution in [0.25, 0.3) is 0 Å². The third-order valence-corrected chi connectivity index (χ3v) is 8.01. The van der Waals surface area contributed by atoms with Gasteiger partial charge in [0.1, 0.15) is 0 Å². The van der Waals surface area contributed by atoms with Gasteiger partial charge in [0.25, 0.3) is 0 Å². The first kappa shape index (κ1) is 28.3. The molecule has 0 atom stereocenters. The highest BCUT2D eigenvalue weighted by Crippen LogP contribution is 2.39. The Morgan fingerprint density at radius 1 is 0.939 bits per heavy atom. The maximum absolute atomic E-state index is 14.8. The molecule has 4 nitrogen and oxygen atoms in total. The first-order valence-corrected chi connectivity index (χ1v) is 15.1. The molecule has 0 heterocycles. The first-order chi connectivity index (χ1) is 15.8. The molecule has 1 aromatic rings. The molecule has 1 saturated carbocycles. The minimum atomic E-state index is -3.82. The van der Waals surface area contributed by atoms with Crippen molar-refractivity contribution in [2.45, 2.75) is 116 Å². The molecule has 0 aromatic heterocycles. The van der Waals surface area contributed by atoms with Crippen molar-refractivity contribution in [1.29, 1.82) is 0 Å². The van der Waals surface area contributed by atoms with Gasteiger partial charge in [-0.2, -0.15) is 0 Å². The number of unbranched alkanes of at least 4 members (excludes halogenated alkanes) is 8. The summed E-state index contributed by atoms with van der Waals surface area (Å²) in [4.78, 5) is 17.7. The van der Waals surface area contributed by atoms with Gasteiger partial charge in [0.15, 0.2) is 11.6 Å². The molecule has 1 fully saturated rings. The summed E-state index contributed by atoms with van der Waals surface area (Å²) in [5, 5.41) is 0. The van der Waals surface area contributed by atoms with Crippen molar-refractivity contribution < 1.29 is 23.5 Å². The lowest BCUT2D eigenvalue weighted by Gasteiger charge is -2.29. The van der Waals surface area contributed by atoms with Crippen LogP contribution in [0.1, 0.15) is 120 Å². The molecular weight excluding hydrogens is 438 g/mol. The third-order valence-electron chi connectivity index (χ3n) is 7.11. The Balaban J connectivity index is 1.58. The van der Waals surface area contributed by atoms with Crippen molar-refractivity contribution in [1.82, 2.24) is 0 Å². The SMILES string of the molecule is CCCC1CCC(c2cc(C)c(OCCCCCCCCCCCP(=O)(O)O)c(F)c2)CC1. The molecule has 0 amide bonds. The second-order valence-electron chi connectivity index (χ2n) is 10.1. The Morgan fingerprint density at radius 2 is 1.52 bits per heavy atom. The summed E-state index contributed by atoms with van der Waals surface area (Å²) in [5.41, 5.74) is 2.06. The fourth-order valence-corrected chi connectivity index (χ4v) is 5.84. The number of halogens is 1. The first-order valence-electron chi connectivity index (χ1n) is 13.3. The number of rotatable bonds is 16. The highest BCUT2D eigenvalue weighted by molar-refractivity contribution is 7.51. The molecule has 33 heavy (non-hydrogen) atoms. The molecule has 1 aromatic carbocycles. The van der Waals surface area contributed by atoms with Crippen molar-refractivity contribution >= 4 is 7.60 Å². The van der Waals surface area contributed by atoms with Gasteiger partial charge in [-0.05, 0) is 74.5 Å². The van der Waals surface area contributed by atoms with Crippen LogP contribution >= 0.6 is 7.60 Å². The topological polar surface area (TPSA) is 66.8 Å². The molecule has 0 bridgehead atoms. The lowest BCUT2D eigenvalue weighted by molar-refractivity contribution is 0.286. The molecule has 0 unspecified atom stereocenters. The van der Waals surface area contributed by atoms with Crippen molar-refractivity contribution in [3.63, 3.8) is 0 Å². The van der Waals surface area contributed by atoms with Gasteiger partial charge in [0.2, 0.25) is 0 Å². The highest BCUT2D eigenvalue weighted by Gasteiger charge is 2.23. The Labute approximate surface area is 200 Å². The molecule has 0 spiro atoms. The van der Waals surface area contributed by atoms with Crippen LogP contribution in [-0.4, -0.2) is 22.6 Å². The van der Waals surface area contributed by atoms with Gasteiger partial charge in [0, 0.05) is 6.16 Å². The van der Waals surface area contributed by atoms with Crippen LogP contribution in [0.2, 0.25) is 0 Å². The Hall–Kier alpha value is -0.900. The zero-order valence-corrected chi connectivity index (χ0v) is 21.8. The van der Waals surface area contributed by atoms with E-state index in [1.807, 2.05) is 6.92 Å². The summed E-state index contributed by atoms with van der Waals surface area (Å²) < 4.78 is 31.4. The largest absolute Gasteiger partial charge is 0.490 e. The van der Waals surface area contributed by atoms with Gasteiger partial charge < -0.3 is 14.5 Å². The Morgan fingerprint density at radius 3 is 2.06 bits per heavy atom. The molecule has 0 saturated heterocycles.